The summed E-state index contributed by atoms with van der Waals surface area (Å²) < 4.78 is 2.29. The van der Waals surface area contributed by atoms with E-state index >= 15 is 0 Å². The Bertz CT molecular complexity index is 417. The maximum atomic E-state index is 10.1. The molecule has 2 aliphatic rings. The van der Waals surface area contributed by atoms with Gasteiger partial charge < -0.3 is 14.6 Å². The average Bonchev–Trinajstić information content (AvgIpc) is 2.86. The maximum Gasteiger partial charge on any atom is 0.108 e. The lowest BCUT2D eigenvalue weighted by Crippen LogP contribution is -2.46. The predicted octanol–water partition coefficient (Wildman–Crippen LogP) is 1.68. The number of rotatable bonds is 3. The lowest BCUT2D eigenvalue weighted by atomic mass is 9.90. The van der Waals surface area contributed by atoms with Gasteiger partial charge in [-0.3, -0.25) is 0 Å². The molecule has 1 aliphatic heterocycles. The SMILES string of the molecule is CN(CC1CCc2nccn2C1)C1CCCCC1O. The van der Waals surface area contributed by atoms with E-state index in [2.05, 4.69) is 27.7 Å². The molecule has 0 saturated heterocycles. The molecule has 0 bridgehead atoms. The fraction of sp³-hybridized carbons (Fsp3) is 0.800. The maximum absolute atomic E-state index is 10.1. The highest BCUT2D eigenvalue weighted by Crippen LogP contribution is 2.25. The van der Waals surface area contributed by atoms with E-state index in [0.717, 1.165) is 32.4 Å². The fourth-order valence-corrected chi connectivity index (χ4v) is 3.73. The van der Waals surface area contributed by atoms with Gasteiger partial charge in [0.05, 0.1) is 6.10 Å². The summed E-state index contributed by atoms with van der Waals surface area (Å²) >= 11 is 0. The zero-order valence-electron chi connectivity index (χ0n) is 11.8. The Kier molecular flexibility index (Phi) is 3.89. The number of likely N-dealkylation sites (N-methyl/N-ethyl adjacent to an activating group) is 1. The summed E-state index contributed by atoms with van der Waals surface area (Å²) in [4.78, 5) is 6.78. The monoisotopic (exact) mass is 263 g/mol. The topological polar surface area (TPSA) is 41.3 Å². The molecule has 1 aromatic heterocycles. The number of fused-ring (bicyclic) bond motifs is 1. The quantitative estimate of drug-likeness (QED) is 0.902. The van der Waals surface area contributed by atoms with E-state index in [1.54, 1.807) is 0 Å². The van der Waals surface area contributed by atoms with Crippen LogP contribution in [0.3, 0.4) is 0 Å². The van der Waals surface area contributed by atoms with Gasteiger partial charge in [-0.15, -0.1) is 0 Å². The van der Waals surface area contributed by atoms with Crippen molar-refractivity contribution in [2.24, 2.45) is 5.92 Å². The zero-order chi connectivity index (χ0) is 13.2. The van der Waals surface area contributed by atoms with Gasteiger partial charge in [-0.2, -0.15) is 0 Å². The van der Waals surface area contributed by atoms with Crippen LogP contribution in [0.4, 0.5) is 0 Å². The highest BCUT2D eigenvalue weighted by atomic mass is 16.3. The van der Waals surface area contributed by atoms with E-state index in [4.69, 9.17) is 0 Å². The van der Waals surface area contributed by atoms with Crippen molar-refractivity contribution in [3.05, 3.63) is 18.2 Å². The van der Waals surface area contributed by atoms with Crippen molar-refractivity contribution >= 4 is 0 Å². The molecule has 19 heavy (non-hydrogen) atoms. The lowest BCUT2D eigenvalue weighted by Gasteiger charge is -2.37. The van der Waals surface area contributed by atoms with Crippen LogP contribution in [0.5, 0.6) is 0 Å². The zero-order valence-corrected chi connectivity index (χ0v) is 11.8. The van der Waals surface area contributed by atoms with Gasteiger partial charge in [0, 0.05) is 37.9 Å². The molecular weight excluding hydrogens is 238 g/mol. The van der Waals surface area contributed by atoms with E-state index in [1.807, 2.05) is 6.20 Å². The minimum atomic E-state index is -0.119. The van der Waals surface area contributed by atoms with Gasteiger partial charge in [-0.25, -0.2) is 4.98 Å². The summed E-state index contributed by atoms with van der Waals surface area (Å²) in [5, 5.41) is 10.1. The lowest BCUT2D eigenvalue weighted by molar-refractivity contribution is 0.0231. The van der Waals surface area contributed by atoms with Crippen molar-refractivity contribution in [1.29, 1.82) is 0 Å². The largest absolute Gasteiger partial charge is 0.391 e. The van der Waals surface area contributed by atoms with E-state index in [1.165, 1.54) is 25.1 Å². The van der Waals surface area contributed by atoms with Crippen molar-refractivity contribution in [1.82, 2.24) is 14.5 Å². The summed E-state index contributed by atoms with van der Waals surface area (Å²) in [6.07, 6.45) is 10.8. The number of aromatic nitrogens is 2. The number of aryl methyl sites for hydroxylation is 1. The normalized spacial score (nSPS) is 31.4. The third-order valence-corrected chi connectivity index (χ3v) is 4.84. The van der Waals surface area contributed by atoms with Gasteiger partial charge in [-0.1, -0.05) is 12.8 Å². The Morgan fingerprint density at radius 3 is 3.05 bits per heavy atom. The van der Waals surface area contributed by atoms with Gasteiger partial charge in [-0.05, 0) is 32.2 Å². The first kappa shape index (κ1) is 13.1. The van der Waals surface area contributed by atoms with Crippen molar-refractivity contribution in [2.45, 2.75) is 57.2 Å². The molecule has 2 heterocycles. The fourth-order valence-electron chi connectivity index (χ4n) is 3.73. The molecule has 1 fully saturated rings. The van der Waals surface area contributed by atoms with Crippen LogP contribution in [0, 0.1) is 5.92 Å². The highest BCUT2D eigenvalue weighted by molar-refractivity contribution is 4.97. The first-order valence-corrected chi connectivity index (χ1v) is 7.62. The Morgan fingerprint density at radius 1 is 1.37 bits per heavy atom. The third kappa shape index (κ3) is 2.84. The summed E-state index contributed by atoms with van der Waals surface area (Å²) in [6, 6.07) is 0.373. The van der Waals surface area contributed by atoms with Gasteiger partial charge in [0.2, 0.25) is 0 Å². The van der Waals surface area contributed by atoms with Crippen molar-refractivity contribution < 1.29 is 5.11 Å². The molecule has 106 valence electrons. The smallest absolute Gasteiger partial charge is 0.108 e. The van der Waals surface area contributed by atoms with Crippen molar-refractivity contribution in [3.8, 4) is 0 Å². The first-order valence-electron chi connectivity index (χ1n) is 7.62. The molecule has 3 atom stereocenters. The predicted molar refractivity (Wildman–Crippen MR) is 74.9 cm³/mol. The number of hydrogen-bond acceptors (Lipinski definition) is 3. The van der Waals surface area contributed by atoms with Gasteiger partial charge in [0.25, 0.3) is 0 Å². The van der Waals surface area contributed by atoms with Crippen LogP contribution in [-0.4, -0.2) is 45.3 Å². The molecule has 4 nitrogen and oxygen atoms in total. The Labute approximate surface area is 115 Å². The molecule has 0 radical (unpaired) electrons. The standard InChI is InChI=1S/C15H25N3O/c1-17(13-4-2-3-5-14(13)19)10-12-6-7-15-16-8-9-18(15)11-12/h8-9,12-14,19H,2-7,10-11H2,1H3. The minimum Gasteiger partial charge on any atom is -0.391 e. The Hall–Kier alpha value is -0.870. The van der Waals surface area contributed by atoms with Crippen molar-refractivity contribution in [3.63, 3.8) is 0 Å². The number of aliphatic hydroxyl groups excluding tert-OH is 1. The summed E-state index contributed by atoms with van der Waals surface area (Å²) in [6.45, 7) is 2.18. The van der Waals surface area contributed by atoms with Crippen LogP contribution in [0.25, 0.3) is 0 Å². The second kappa shape index (κ2) is 5.63. The van der Waals surface area contributed by atoms with Gasteiger partial charge >= 0.3 is 0 Å². The molecule has 0 aromatic carbocycles. The Morgan fingerprint density at radius 2 is 2.21 bits per heavy atom. The van der Waals surface area contributed by atoms with E-state index < -0.39 is 0 Å². The van der Waals surface area contributed by atoms with Crippen LogP contribution >= 0.6 is 0 Å². The van der Waals surface area contributed by atoms with Gasteiger partial charge in [0.15, 0.2) is 0 Å². The van der Waals surface area contributed by atoms with Crippen LogP contribution < -0.4 is 0 Å². The molecule has 3 unspecified atom stereocenters. The number of imidazole rings is 1. The Balaban J connectivity index is 1.57. The molecular formula is C15H25N3O. The van der Waals surface area contributed by atoms with Crippen LogP contribution in [-0.2, 0) is 13.0 Å². The van der Waals surface area contributed by atoms with Crippen LogP contribution in [0.1, 0.15) is 37.9 Å². The van der Waals surface area contributed by atoms with E-state index in [0.29, 0.717) is 12.0 Å². The summed E-state index contributed by atoms with van der Waals surface area (Å²) in [5.74, 6) is 1.93. The molecule has 0 spiro atoms. The van der Waals surface area contributed by atoms with Crippen LogP contribution in [0.15, 0.2) is 12.4 Å². The molecule has 0 amide bonds. The molecule has 1 aromatic rings. The molecule has 1 N–H and O–H groups in total. The highest BCUT2D eigenvalue weighted by Gasteiger charge is 2.29. The van der Waals surface area contributed by atoms with Gasteiger partial charge in [0.1, 0.15) is 5.82 Å². The molecule has 1 saturated carbocycles. The first-order chi connectivity index (χ1) is 9.24. The average molecular weight is 263 g/mol. The number of aliphatic hydroxyl groups is 1. The summed E-state index contributed by atoms with van der Waals surface area (Å²) in [5.41, 5.74) is 0. The molecule has 4 heteroatoms. The van der Waals surface area contributed by atoms with Crippen LogP contribution in [0.2, 0.25) is 0 Å². The number of nitrogens with zero attached hydrogens (tertiary/aromatic N) is 3. The van der Waals surface area contributed by atoms with E-state index in [-0.39, 0.29) is 6.10 Å². The second-order valence-electron chi connectivity index (χ2n) is 6.26. The minimum absolute atomic E-state index is 0.119. The third-order valence-electron chi connectivity index (χ3n) is 4.84. The van der Waals surface area contributed by atoms with Crippen molar-refractivity contribution in [2.75, 3.05) is 13.6 Å². The molecule has 3 rings (SSSR count). The number of hydrogen-bond donors (Lipinski definition) is 1. The molecule has 1 aliphatic carbocycles. The second-order valence-corrected chi connectivity index (χ2v) is 6.26. The van der Waals surface area contributed by atoms with E-state index in [9.17, 15) is 5.11 Å². The summed E-state index contributed by atoms with van der Waals surface area (Å²) in [7, 11) is 2.18.